The van der Waals surface area contributed by atoms with E-state index >= 15 is 0 Å². The summed E-state index contributed by atoms with van der Waals surface area (Å²) in [6, 6.07) is 23.9. The Labute approximate surface area is 172 Å². The van der Waals surface area contributed by atoms with Crippen LogP contribution in [0.3, 0.4) is 0 Å². The Morgan fingerprint density at radius 2 is 1.48 bits per heavy atom. The molecule has 1 N–H and O–H groups in total. The Morgan fingerprint density at radius 1 is 0.897 bits per heavy atom. The molecule has 150 valence electrons. The molecule has 3 rings (SSSR count). The molecular weight excluding hydrogens is 384 g/mol. The molecule has 5 nitrogen and oxygen atoms in total. The molecule has 1 atom stereocenters. The molecule has 1 unspecified atom stereocenters. The minimum absolute atomic E-state index is 0.301. The van der Waals surface area contributed by atoms with Crippen LogP contribution in [-0.2, 0) is 10.0 Å². The SMILES string of the molecule is Cc1ccccc1C(NC(=O)c1ccccc1N(C)S(C)(=O)=O)c1ccccc1. The molecule has 0 radical (unpaired) electrons. The zero-order valence-electron chi connectivity index (χ0n) is 16.7. The fraction of sp³-hybridized carbons (Fsp3) is 0.174. The van der Waals surface area contributed by atoms with Gasteiger partial charge in [0.2, 0.25) is 10.0 Å². The summed E-state index contributed by atoms with van der Waals surface area (Å²) in [6.45, 7) is 2.00. The summed E-state index contributed by atoms with van der Waals surface area (Å²) < 4.78 is 25.1. The molecule has 0 bridgehead atoms. The van der Waals surface area contributed by atoms with E-state index in [2.05, 4.69) is 5.32 Å². The normalized spacial score (nSPS) is 12.2. The van der Waals surface area contributed by atoms with Crippen LogP contribution < -0.4 is 9.62 Å². The number of rotatable bonds is 6. The van der Waals surface area contributed by atoms with Crippen LogP contribution in [0.15, 0.2) is 78.9 Å². The molecule has 29 heavy (non-hydrogen) atoms. The predicted octanol–water partition coefficient (Wildman–Crippen LogP) is 3.91. The third kappa shape index (κ3) is 4.66. The maximum Gasteiger partial charge on any atom is 0.254 e. The molecule has 3 aromatic rings. The van der Waals surface area contributed by atoms with Gasteiger partial charge >= 0.3 is 0 Å². The van der Waals surface area contributed by atoms with Gasteiger partial charge < -0.3 is 5.32 Å². The number of aryl methyl sites for hydroxylation is 1. The molecule has 6 heteroatoms. The average molecular weight is 409 g/mol. The van der Waals surface area contributed by atoms with Crippen molar-refractivity contribution in [2.24, 2.45) is 0 Å². The maximum atomic E-state index is 13.2. The molecule has 0 aliphatic heterocycles. The molecule has 0 aliphatic carbocycles. The van der Waals surface area contributed by atoms with Gasteiger partial charge in [-0.1, -0.05) is 66.7 Å². The van der Waals surface area contributed by atoms with Gasteiger partial charge in [-0.05, 0) is 35.7 Å². The third-order valence-corrected chi connectivity index (χ3v) is 6.08. The van der Waals surface area contributed by atoms with Gasteiger partial charge in [0.1, 0.15) is 0 Å². The smallest absolute Gasteiger partial charge is 0.254 e. The van der Waals surface area contributed by atoms with Gasteiger partial charge in [-0.15, -0.1) is 0 Å². The van der Waals surface area contributed by atoms with Crippen molar-refractivity contribution in [1.29, 1.82) is 0 Å². The van der Waals surface area contributed by atoms with Crippen molar-refractivity contribution in [3.8, 4) is 0 Å². The van der Waals surface area contributed by atoms with Crippen LogP contribution >= 0.6 is 0 Å². The van der Waals surface area contributed by atoms with Crippen LogP contribution in [0.1, 0.15) is 33.1 Å². The summed E-state index contributed by atoms with van der Waals surface area (Å²) in [4.78, 5) is 13.2. The highest BCUT2D eigenvalue weighted by molar-refractivity contribution is 7.92. The topological polar surface area (TPSA) is 66.5 Å². The average Bonchev–Trinajstić information content (AvgIpc) is 2.72. The Bertz CT molecular complexity index is 1110. The number of carbonyl (C=O) groups excluding carboxylic acids is 1. The molecule has 0 aromatic heterocycles. The van der Waals surface area contributed by atoms with E-state index in [9.17, 15) is 13.2 Å². The Hall–Kier alpha value is -3.12. The van der Waals surface area contributed by atoms with E-state index in [0.717, 1.165) is 27.3 Å². The summed E-state index contributed by atoms with van der Waals surface area (Å²) in [7, 11) is -2.06. The van der Waals surface area contributed by atoms with Crippen LogP contribution in [-0.4, -0.2) is 27.6 Å². The third-order valence-electron chi connectivity index (χ3n) is 4.89. The monoisotopic (exact) mass is 408 g/mol. The molecule has 3 aromatic carbocycles. The predicted molar refractivity (Wildman–Crippen MR) is 117 cm³/mol. The second-order valence-corrected chi connectivity index (χ2v) is 8.94. The molecule has 0 saturated heterocycles. The second-order valence-electron chi connectivity index (χ2n) is 6.92. The number of para-hydroxylation sites is 1. The summed E-state index contributed by atoms with van der Waals surface area (Å²) >= 11 is 0. The van der Waals surface area contributed by atoms with E-state index in [0.29, 0.717) is 11.3 Å². The van der Waals surface area contributed by atoms with Crippen molar-refractivity contribution in [3.63, 3.8) is 0 Å². The van der Waals surface area contributed by atoms with Crippen LogP contribution in [0.25, 0.3) is 0 Å². The van der Waals surface area contributed by atoms with E-state index in [4.69, 9.17) is 0 Å². The van der Waals surface area contributed by atoms with Gasteiger partial charge in [0.15, 0.2) is 0 Å². The van der Waals surface area contributed by atoms with Crippen molar-refractivity contribution < 1.29 is 13.2 Å². The lowest BCUT2D eigenvalue weighted by Gasteiger charge is -2.24. The maximum absolute atomic E-state index is 13.2. The Balaban J connectivity index is 2.02. The van der Waals surface area contributed by atoms with Crippen molar-refractivity contribution in [1.82, 2.24) is 5.32 Å². The first-order valence-electron chi connectivity index (χ1n) is 9.23. The number of carbonyl (C=O) groups is 1. The number of hydrogen-bond acceptors (Lipinski definition) is 3. The van der Waals surface area contributed by atoms with Gasteiger partial charge in [-0.25, -0.2) is 8.42 Å². The minimum atomic E-state index is -3.50. The molecule has 0 fully saturated rings. The number of benzene rings is 3. The van der Waals surface area contributed by atoms with Crippen molar-refractivity contribution in [2.45, 2.75) is 13.0 Å². The highest BCUT2D eigenvalue weighted by atomic mass is 32.2. The molecular formula is C23H24N2O3S. The van der Waals surface area contributed by atoms with E-state index in [1.54, 1.807) is 24.3 Å². The molecule has 0 aliphatic rings. The summed E-state index contributed by atoms with van der Waals surface area (Å²) in [5.74, 6) is -0.340. The lowest BCUT2D eigenvalue weighted by molar-refractivity contribution is 0.0943. The van der Waals surface area contributed by atoms with Gasteiger partial charge in [-0.3, -0.25) is 9.10 Å². The van der Waals surface area contributed by atoms with Crippen LogP contribution in [0.2, 0.25) is 0 Å². The lowest BCUT2D eigenvalue weighted by atomic mass is 9.94. The number of nitrogens with zero attached hydrogens (tertiary/aromatic N) is 1. The molecule has 0 heterocycles. The molecule has 1 amide bonds. The first-order chi connectivity index (χ1) is 13.8. The second kappa shape index (κ2) is 8.49. The zero-order chi connectivity index (χ0) is 21.0. The minimum Gasteiger partial charge on any atom is -0.341 e. The van der Waals surface area contributed by atoms with E-state index in [1.165, 1.54) is 7.05 Å². The van der Waals surface area contributed by atoms with Crippen LogP contribution in [0.4, 0.5) is 5.69 Å². The highest BCUT2D eigenvalue weighted by Crippen LogP contribution is 2.27. The van der Waals surface area contributed by atoms with E-state index < -0.39 is 10.0 Å². The quantitative estimate of drug-likeness (QED) is 0.672. The van der Waals surface area contributed by atoms with Gasteiger partial charge in [0, 0.05) is 7.05 Å². The van der Waals surface area contributed by atoms with Crippen LogP contribution in [0.5, 0.6) is 0 Å². The fourth-order valence-electron chi connectivity index (χ4n) is 3.22. The molecule has 0 spiro atoms. The van der Waals surface area contributed by atoms with E-state index in [1.807, 2.05) is 61.5 Å². The highest BCUT2D eigenvalue weighted by Gasteiger charge is 2.23. The lowest BCUT2D eigenvalue weighted by Crippen LogP contribution is -2.32. The number of nitrogens with one attached hydrogen (secondary N) is 1. The first kappa shape index (κ1) is 20.6. The largest absolute Gasteiger partial charge is 0.341 e. The number of anilines is 1. The molecule has 0 saturated carbocycles. The number of hydrogen-bond donors (Lipinski definition) is 1. The standard InChI is InChI=1S/C23H24N2O3S/c1-17-11-7-8-14-19(17)22(18-12-5-4-6-13-18)24-23(26)20-15-9-10-16-21(20)25(2)29(3,27)28/h4-16,22H,1-3H3,(H,24,26). The van der Waals surface area contributed by atoms with Crippen LogP contribution in [0, 0.1) is 6.92 Å². The summed E-state index contributed by atoms with van der Waals surface area (Å²) in [5.41, 5.74) is 3.63. The van der Waals surface area contributed by atoms with Crippen molar-refractivity contribution in [2.75, 3.05) is 17.6 Å². The van der Waals surface area contributed by atoms with Gasteiger partial charge in [-0.2, -0.15) is 0 Å². The summed E-state index contributed by atoms with van der Waals surface area (Å²) in [5, 5.41) is 3.09. The Kier molecular flexibility index (Phi) is 6.03. The first-order valence-corrected chi connectivity index (χ1v) is 11.1. The fourth-order valence-corrected chi connectivity index (χ4v) is 3.74. The van der Waals surface area contributed by atoms with E-state index in [-0.39, 0.29) is 11.9 Å². The zero-order valence-corrected chi connectivity index (χ0v) is 17.5. The number of amides is 1. The van der Waals surface area contributed by atoms with Crippen molar-refractivity contribution >= 4 is 21.6 Å². The van der Waals surface area contributed by atoms with Gasteiger partial charge in [0.25, 0.3) is 5.91 Å². The summed E-state index contributed by atoms with van der Waals surface area (Å²) in [6.07, 6.45) is 1.11. The van der Waals surface area contributed by atoms with Crippen molar-refractivity contribution in [3.05, 3.63) is 101 Å². The Morgan fingerprint density at radius 3 is 2.14 bits per heavy atom. The van der Waals surface area contributed by atoms with Gasteiger partial charge in [0.05, 0.1) is 23.5 Å². The number of sulfonamides is 1.